The number of anilines is 1. The Morgan fingerprint density at radius 2 is 1.95 bits per heavy atom. The van der Waals surface area contributed by atoms with Gasteiger partial charge >= 0.3 is 16.4 Å². The topological polar surface area (TPSA) is 88.7 Å². The summed E-state index contributed by atoms with van der Waals surface area (Å²) in [5.41, 5.74) is 1.81. The summed E-state index contributed by atoms with van der Waals surface area (Å²) in [5.74, 6) is -1.05. The molecule has 7 heteroatoms. The molecule has 1 amide bonds. The number of benzene rings is 1. The Labute approximate surface area is 110 Å². The van der Waals surface area contributed by atoms with Crippen LogP contribution in [0.15, 0.2) is 45.4 Å². The first kappa shape index (κ1) is 13.0. The van der Waals surface area contributed by atoms with Crippen LogP contribution in [0.25, 0.3) is 11.1 Å². The lowest BCUT2D eigenvalue weighted by Crippen LogP contribution is -1.96. The van der Waals surface area contributed by atoms with Crippen LogP contribution in [0.5, 0.6) is 0 Å². The van der Waals surface area contributed by atoms with Crippen LogP contribution >= 0.6 is 0 Å². The van der Waals surface area contributed by atoms with Gasteiger partial charge in [0.05, 0.1) is 11.3 Å². The second kappa shape index (κ2) is 5.49. The summed E-state index contributed by atoms with van der Waals surface area (Å²) in [6, 6.07) is 9.02. The highest BCUT2D eigenvalue weighted by Crippen LogP contribution is 2.33. The summed E-state index contributed by atoms with van der Waals surface area (Å²) in [6.07, 6.45) is 1.35. The van der Waals surface area contributed by atoms with Gasteiger partial charge in [-0.25, -0.2) is 0 Å². The van der Waals surface area contributed by atoms with Crippen molar-refractivity contribution in [2.75, 3.05) is 12.4 Å². The number of rotatable bonds is 3. The number of hydrogen-bond acceptors (Lipinski definition) is 5. The third kappa shape index (κ3) is 2.71. The van der Waals surface area contributed by atoms with Crippen LogP contribution in [0, 0.1) is 0 Å². The Morgan fingerprint density at radius 3 is 2.53 bits per heavy atom. The molecule has 1 N–H and O–H groups in total. The van der Waals surface area contributed by atoms with E-state index in [0.29, 0.717) is 11.3 Å². The van der Waals surface area contributed by atoms with Gasteiger partial charge in [-0.3, -0.25) is 4.79 Å². The molecular weight excluding hydrogens is 268 g/mol. The standard InChI is InChI=1S/C12H10N2O4S/c1-13-9-7-18-11(12(15)14-19(16)17)10(9)8-5-3-2-4-6-8/h2-7,13H,1H3. The molecule has 6 nitrogen and oxygen atoms in total. The van der Waals surface area contributed by atoms with Gasteiger partial charge in [0.25, 0.3) is 0 Å². The predicted octanol–water partition coefficient (Wildman–Crippen LogP) is 2.19. The zero-order valence-corrected chi connectivity index (χ0v) is 10.8. The summed E-state index contributed by atoms with van der Waals surface area (Å²) in [7, 11) is -1.13. The van der Waals surface area contributed by atoms with Gasteiger partial charge in [-0.2, -0.15) is 8.42 Å². The minimum absolute atomic E-state index is 0.111. The van der Waals surface area contributed by atoms with Gasteiger partial charge in [-0.1, -0.05) is 34.7 Å². The maximum atomic E-state index is 11.7. The number of hydrogen-bond donors (Lipinski definition) is 1. The van der Waals surface area contributed by atoms with E-state index >= 15 is 0 Å². The molecule has 0 unspecified atom stereocenters. The summed E-state index contributed by atoms with van der Waals surface area (Å²) < 4.78 is 29.0. The molecule has 0 saturated heterocycles. The van der Waals surface area contributed by atoms with E-state index in [2.05, 4.69) is 9.68 Å². The molecule has 0 radical (unpaired) electrons. The largest absolute Gasteiger partial charge is 0.456 e. The van der Waals surface area contributed by atoms with Crippen LogP contribution < -0.4 is 5.32 Å². The molecule has 1 heterocycles. The van der Waals surface area contributed by atoms with Crippen molar-refractivity contribution in [3.05, 3.63) is 42.4 Å². The van der Waals surface area contributed by atoms with E-state index in [4.69, 9.17) is 4.42 Å². The maximum Gasteiger partial charge on any atom is 0.328 e. The summed E-state index contributed by atoms with van der Waals surface area (Å²) in [4.78, 5) is 11.7. The molecule has 98 valence electrons. The van der Waals surface area contributed by atoms with Crippen molar-refractivity contribution in [1.82, 2.24) is 0 Å². The van der Waals surface area contributed by atoms with Gasteiger partial charge in [0.1, 0.15) is 6.26 Å². The van der Waals surface area contributed by atoms with Gasteiger partial charge in [0.15, 0.2) is 0 Å². The average molecular weight is 278 g/mol. The summed E-state index contributed by atoms with van der Waals surface area (Å²) in [6.45, 7) is 0. The second-order valence-electron chi connectivity index (χ2n) is 3.58. The van der Waals surface area contributed by atoms with Crippen molar-refractivity contribution in [3.8, 4) is 11.1 Å². The molecular formula is C12H10N2O4S. The van der Waals surface area contributed by atoms with Gasteiger partial charge in [-0.15, -0.1) is 0 Å². The molecule has 0 aliphatic rings. The molecule has 1 aromatic carbocycles. The minimum Gasteiger partial charge on any atom is -0.456 e. The fraction of sp³-hybridized carbons (Fsp3) is 0.0833. The molecule has 0 spiro atoms. The van der Waals surface area contributed by atoms with E-state index in [1.165, 1.54) is 6.26 Å². The fourth-order valence-electron chi connectivity index (χ4n) is 1.70. The summed E-state index contributed by atoms with van der Waals surface area (Å²) >= 11 is 0. The van der Waals surface area contributed by atoms with Crippen molar-refractivity contribution in [2.45, 2.75) is 0 Å². The quantitative estimate of drug-likeness (QED) is 0.929. The number of nitrogens with one attached hydrogen (secondary N) is 1. The number of nitrogens with zero attached hydrogens (tertiary/aromatic N) is 1. The Hall–Kier alpha value is -2.41. The SMILES string of the molecule is CNc1coc(C(=O)N=S(=O)=O)c1-c1ccccc1. The van der Waals surface area contributed by atoms with Crippen LogP contribution in [0.1, 0.15) is 10.6 Å². The van der Waals surface area contributed by atoms with E-state index in [0.717, 1.165) is 5.56 Å². The first-order valence-electron chi connectivity index (χ1n) is 5.33. The highest BCUT2D eigenvalue weighted by Gasteiger charge is 2.21. The number of carbonyl (C=O) groups excluding carboxylic acids is 1. The Balaban J connectivity index is 2.62. The minimum atomic E-state index is -2.81. The van der Waals surface area contributed by atoms with Gasteiger partial charge < -0.3 is 9.73 Å². The van der Waals surface area contributed by atoms with Crippen LogP contribution in [-0.4, -0.2) is 21.4 Å². The van der Waals surface area contributed by atoms with Crippen LogP contribution in [0.2, 0.25) is 0 Å². The predicted molar refractivity (Wildman–Crippen MR) is 69.4 cm³/mol. The second-order valence-corrected chi connectivity index (χ2v) is 4.20. The number of furan rings is 1. The Kier molecular flexibility index (Phi) is 3.76. The van der Waals surface area contributed by atoms with Crippen molar-refractivity contribution >= 4 is 22.1 Å². The van der Waals surface area contributed by atoms with E-state index < -0.39 is 16.4 Å². The normalized spacial score (nSPS) is 9.95. The Morgan fingerprint density at radius 1 is 1.26 bits per heavy atom. The third-order valence-electron chi connectivity index (χ3n) is 2.47. The van der Waals surface area contributed by atoms with Gasteiger partial charge in [0, 0.05) is 7.05 Å². The van der Waals surface area contributed by atoms with E-state index in [1.54, 1.807) is 31.3 Å². The van der Waals surface area contributed by atoms with Crippen molar-refractivity contribution < 1.29 is 17.6 Å². The van der Waals surface area contributed by atoms with Gasteiger partial charge in [0.2, 0.25) is 5.76 Å². The Bertz CT molecular complexity index is 724. The smallest absolute Gasteiger partial charge is 0.328 e. The molecule has 0 bridgehead atoms. The molecule has 2 rings (SSSR count). The van der Waals surface area contributed by atoms with E-state index in [-0.39, 0.29) is 5.76 Å². The highest BCUT2D eigenvalue weighted by molar-refractivity contribution is 7.62. The molecule has 19 heavy (non-hydrogen) atoms. The lowest BCUT2D eigenvalue weighted by Gasteiger charge is -2.03. The first-order chi connectivity index (χ1) is 9.13. The fourth-order valence-corrected chi connectivity index (χ4v) is 1.92. The maximum absolute atomic E-state index is 11.7. The molecule has 0 aliphatic carbocycles. The third-order valence-corrected chi connectivity index (χ3v) is 2.79. The van der Waals surface area contributed by atoms with Crippen molar-refractivity contribution in [1.29, 1.82) is 0 Å². The summed E-state index contributed by atoms with van der Waals surface area (Å²) in [5, 5.41) is 2.88. The lowest BCUT2D eigenvalue weighted by atomic mass is 10.0. The van der Waals surface area contributed by atoms with E-state index in [1.807, 2.05) is 6.07 Å². The molecule has 0 aliphatic heterocycles. The number of carbonyl (C=O) groups is 1. The zero-order chi connectivity index (χ0) is 13.8. The number of amides is 1. The van der Waals surface area contributed by atoms with Crippen LogP contribution in [0.4, 0.5) is 5.69 Å². The van der Waals surface area contributed by atoms with Crippen molar-refractivity contribution in [3.63, 3.8) is 0 Å². The van der Waals surface area contributed by atoms with Crippen LogP contribution in [0.3, 0.4) is 0 Å². The molecule has 0 fully saturated rings. The molecule has 1 aromatic heterocycles. The lowest BCUT2D eigenvalue weighted by molar-refractivity contribution is 0.0979. The molecule has 2 aromatic rings. The van der Waals surface area contributed by atoms with E-state index in [9.17, 15) is 13.2 Å². The van der Waals surface area contributed by atoms with Gasteiger partial charge in [-0.05, 0) is 5.56 Å². The average Bonchev–Trinajstić information content (AvgIpc) is 2.82. The van der Waals surface area contributed by atoms with Crippen molar-refractivity contribution in [2.24, 2.45) is 4.36 Å². The monoisotopic (exact) mass is 278 g/mol. The van der Waals surface area contributed by atoms with Crippen LogP contribution in [-0.2, 0) is 10.5 Å². The highest BCUT2D eigenvalue weighted by atomic mass is 32.2. The zero-order valence-electron chi connectivity index (χ0n) is 9.95. The molecule has 0 atom stereocenters. The first-order valence-corrected chi connectivity index (χ1v) is 6.36. The molecule has 0 saturated carbocycles.